The van der Waals surface area contributed by atoms with Crippen LogP contribution in [-0.4, -0.2) is 19.4 Å². The highest BCUT2D eigenvalue weighted by atomic mass is 16.5. The predicted molar refractivity (Wildman–Crippen MR) is 63.9 cm³/mol. The van der Waals surface area contributed by atoms with Crippen LogP contribution in [0.3, 0.4) is 0 Å². The molecule has 90 valence electrons. The van der Waals surface area contributed by atoms with Crippen LogP contribution >= 0.6 is 0 Å². The van der Waals surface area contributed by atoms with E-state index in [0.29, 0.717) is 22.9 Å². The lowest BCUT2D eigenvalue weighted by molar-refractivity contribution is 0.398. The molecule has 0 atom stereocenters. The lowest BCUT2D eigenvalue weighted by Gasteiger charge is -2.10. The topological polar surface area (TPSA) is 96.5 Å². The van der Waals surface area contributed by atoms with E-state index in [1.165, 1.54) is 14.2 Å². The van der Waals surface area contributed by atoms with E-state index in [1.807, 2.05) is 0 Å². The van der Waals surface area contributed by atoms with Crippen LogP contribution in [0.15, 0.2) is 22.7 Å². The highest BCUT2D eigenvalue weighted by Gasteiger charge is 2.12. The Hall–Kier alpha value is -2.37. The molecule has 0 saturated carbocycles. The predicted octanol–water partition coefficient (Wildman–Crippen LogP) is 1.52. The number of hydrogen-bond donors (Lipinski definition) is 2. The van der Waals surface area contributed by atoms with Crippen LogP contribution in [-0.2, 0) is 0 Å². The summed E-state index contributed by atoms with van der Waals surface area (Å²) in [5.74, 6) is 1.27. The number of anilines is 2. The zero-order valence-electron chi connectivity index (χ0n) is 9.56. The number of aromatic nitrogens is 1. The molecule has 17 heavy (non-hydrogen) atoms. The first-order chi connectivity index (χ1) is 8.15. The summed E-state index contributed by atoms with van der Waals surface area (Å²) < 4.78 is 15.1. The average molecular weight is 235 g/mol. The van der Waals surface area contributed by atoms with E-state index in [1.54, 1.807) is 18.2 Å². The van der Waals surface area contributed by atoms with Crippen molar-refractivity contribution in [3.63, 3.8) is 0 Å². The summed E-state index contributed by atoms with van der Waals surface area (Å²) in [7, 11) is 3.07. The van der Waals surface area contributed by atoms with Crippen LogP contribution in [0.5, 0.6) is 11.5 Å². The summed E-state index contributed by atoms with van der Waals surface area (Å²) in [5, 5.41) is 3.81. The molecule has 0 saturated heterocycles. The zero-order valence-corrected chi connectivity index (χ0v) is 9.56. The van der Waals surface area contributed by atoms with Gasteiger partial charge in [-0.15, -0.1) is 0 Å². The smallest absolute Gasteiger partial charge is 0.222 e. The van der Waals surface area contributed by atoms with Gasteiger partial charge in [-0.1, -0.05) is 5.16 Å². The third kappa shape index (κ3) is 1.96. The van der Waals surface area contributed by atoms with Gasteiger partial charge in [-0.3, -0.25) is 0 Å². The van der Waals surface area contributed by atoms with Crippen molar-refractivity contribution in [2.24, 2.45) is 0 Å². The van der Waals surface area contributed by atoms with Crippen molar-refractivity contribution in [2.75, 3.05) is 25.7 Å². The molecule has 0 aliphatic rings. The average Bonchev–Trinajstić information content (AvgIpc) is 2.76. The van der Waals surface area contributed by atoms with Gasteiger partial charge in [-0.25, -0.2) is 0 Å². The van der Waals surface area contributed by atoms with E-state index in [4.69, 9.17) is 25.5 Å². The number of hydrogen-bond acceptors (Lipinski definition) is 6. The molecule has 6 heteroatoms. The highest BCUT2D eigenvalue weighted by molar-refractivity contribution is 5.74. The van der Waals surface area contributed by atoms with E-state index in [0.717, 1.165) is 5.56 Å². The van der Waals surface area contributed by atoms with Gasteiger partial charge in [0.1, 0.15) is 22.9 Å². The van der Waals surface area contributed by atoms with Gasteiger partial charge in [0.15, 0.2) is 0 Å². The number of nitrogens with two attached hydrogens (primary N) is 2. The zero-order chi connectivity index (χ0) is 12.4. The van der Waals surface area contributed by atoms with Crippen LogP contribution in [0.1, 0.15) is 0 Å². The second-order valence-electron chi connectivity index (χ2n) is 3.41. The maximum Gasteiger partial charge on any atom is 0.222 e. The standard InChI is InChI=1S/C11H13N3O3/c1-15-8-3-6(4-9(16-2)11(8)13)7-5-10(12)17-14-7/h3-5H,12-13H2,1-2H3. The molecule has 0 spiro atoms. The molecule has 2 aromatic rings. The molecule has 0 amide bonds. The van der Waals surface area contributed by atoms with E-state index < -0.39 is 0 Å². The fourth-order valence-corrected chi connectivity index (χ4v) is 1.51. The number of benzene rings is 1. The number of nitrogen functional groups attached to an aromatic ring is 2. The monoisotopic (exact) mass is 235 g/mol. The Balaban J connectivity index is 2.55. The largest absolute Gasteiger partial charge is 0.494 e. The summed E-state index contributed by atoms with van der Waals surface area (Å²) in [5.41, 5.74) is 13.1. The molecule has 0 bridgehead atoms. The lowest BCUT2D eigenvalue weighted by Crippen LogP contribution is -1.97. The van der Waals surface area contributed by atoms with Gasteiger partial charge < -0.3 is 25.5 Å². The Morgan fingerprint density at radius 1 is 1.06 bits per heavy atom. The molecule has 0 fully saturated rings. The first-order valence-electron chi connectivity index (χ1n) is 4.89. The number of methoxy groups -OCH3 is 2. The minimum Gasteiger partial charge on any atom is -0.494 e. The van der Waals surface area contributed by atoms with Crippen molar-refractivity contribution in [3.05, 3.63) is 18.2 Å². The van der Waals surface area contributed by atoms with E-state index >= 15 is 0 Å². The molecular weight excluding hydrogens is 222 g/mol. The highest BCUT2D eigenvalue weighted by Crippen LogP contribution is 2.36. The van der Waals surface area contributed by atoms with Gasteiger partial charge in [0.25, 0.3) is 0 Å². The molecule has 2 rings (SSSR count). The fraction of sp³-hybridized carbons (Fsp3) is 0.182. The van der Waals surface area contributed by atoms with Gasteiger partial charge in [0, 0.05) is 11.6 Å². The Morgan fingerprint density at radius 2 is 1.65 bits per heavy atom. The third-order valence-electron chi connectivity index (χ3n) is 2.37. The summed E-state index contributed by atoms with van der Waals surface area (Å²) in [6.07, 6.45) is 0. The van der Waals surface area contributed by atoms with Gasteiger partial charge >= 0.3 is 0 Å². The molecule has 0 radical (unpaired) electrons. The molecule has 1 heterocycles. The van der Waals surface area contributed by atoms with Crippen molar-refractivity contribution in [1.29, 1.82) is 0 Å². The Labute approximate surface area is 98.1 Å². The fourth-order valence-electron chi connectivity index (χ4n) is 1.51. The van der Waals surface area contributed by atoms with Gasteiger partial charge in [-0.05, 0) is 12.1 Å². The maximum absolute atomic E-state index is 5.84. The second kappa shape index (κ2) is 4.25. The first kappa shape index (κ1) is 11.1. The van der Waals surface area contributed by atoms with Crippen molar-refractivity contribution in [1.82, 2.24) is 5.16 Å². The number of rotatable bonds is 3. The minimum atomic E-state index is 0.245. The van der Waals surface area contributed by atoms with E-state index in [-0.39, 0.29) is 5.88 Å². The van der Waals surface area contributed by atoms with Crippen molar-refractivity contribution >= 4 is 11.6 Å². The molecule has 0 unspecified atom stereocenters. The van der Waals surface area contributed by atoms with Crippen LogP contribution in [0, 0.1) is 0 Å². The van der Waals surface area contributed by atoms with Crippen LogP contribution < -0.4 is 20.9 Å². The molecule has 6 nitrogen and oxygen atoms in total. The SMILES string of the molecule is COc1cc(-c2cc(N)on2)cc(OC)c1N. The Morgan fingerprint density at radius 3 is 2.06 bits per heavy atom. The molecule has 0 aliphatic heterocycles. The number of ether oxygens (including phenoxy) is 2. The Kier molecular flexibility index (Phi) is 2.78. The van der Waals surface area contributed by atoms with E-state index in [2.05, 4.69) is 5.16 Å². The maximum atomic E-state index is 5.84. The van der Waals surface area contributed by atoms with Gasteiger partial charge in [0.2, 0.25) is 5.88 Å². The summed E-state index contributed by atoms with van der Waals surface area (Å²) in [6, 6.07) is 5.11. The normalized spacial score (nSPS) is 10.2. The van der Waals surface area contributed by atoms with Crippen molar-refractivity contribution in [3.8, 4) is 22.8 Å². The quantitative estimate of drug-likeness (QED) is 0.783. The van der Waals surface area contributed by atoms with Crippen LogP contribution in [0.2, 0.25) is 0 Å². The molecule has 1 aromatic heterocycles. The Bertz CT molecular complexity index is 512. The summed E-state index contributed by atoms with van der Waals surface area (Å²) in [4.78, 5) is 0. The summed E-state index contributed by atoms with van der Waals surface area (Å²) >= 11 is 0. The molecule has 4 N–H and O–H groups in total. The molecule has 1 aromatic carbocycles. The van der Waals surface area contributed by atoms with Crippen molar-refractivity contribution < 1.29 is 14.0 Å². The minimum absolute atomic E-state index is 0.245. The van der Waals surface area contributed by atoms with Gasteiger partial charge in [0.05, 0.1) is 14.2 Å². The summed E-state index contributed by atoms with van der Waals surface area (Å²) in [6.45, 7) is 0. The lowest BCUT2D eigenvalue weighted by atomic mass is 10.1. The third-order valence-corrected chi connectivity index (χ3v) is 2.37. The number of nitrogens with zero attached hydrogens (tertiary/aromatic N) is 1. The van der Waals surface area contributed by atoms with Crippen LogP contribution in [0.25, 0.3) is 11.3 Å². The second-order valence-corrected chi connectivity index (χ2v) is 3.41. The van der Waals surface area contributed by atoms with Gasteiger partial charge in [-0.2, -0.15) is 0 Å². The van der Waals surface area contributed by atoms with Crippen molar-refractivity contribution in [2.45, 2.75) is 0 Å². The molecule has 0 aliphatic carbocycles. The molecular formula is C11H13N3O3. The first-order valence-corrected chi connectivity index (χ1v) is 4.89. The van der Waals surface area contributed by atoms with Crippen LogP contribution in [0.4, 0.5) is 11.6 Å². The van der Waals surface area contributed by atoms with E-state index in [9.17, 15) is 0 Å².